The highest BCUT2D eigenvalue weighted by molar-refractivity contribution is 7.20. The van der Waals surface area contributed by atoms with Crippen molar-refractivity contribution in [2.24, 2.45) is 0 Å². The SMILES string of the molecule is Cc1cc2sc(C(=O)CCC(=O)O)cc2cc1Cl. The smallest absolute Gasteiger partial charge is 0.303 e. The molecular weight excluding hydrogens is 272 g/mol. The van der Waals surface area contributed by atoms with E-state index in [1.54, 1.807) is 6.07 Å². The van der Waals surface area contributed by atoms with Crippen LogP contribution in [0.25, 0.3) is 10.1 Å². The summed E-state index contributed by atoms with van der Waals surface area (Å²) >= 11 is 7.40. The normalized spacial score (nSPS) is 10.8. The summed E-state index contributed by atoms with van der Waals surface area (Å²) < 4.78 is 0.996. The number of carbonyl (C=O) groups is 2. The molecule has 0 aliphatic rings. The first kappa shape index (κ1) is 13.1. The number of thiophene rings is 1. The minimum atomic E-state index is -0.955. The predicted octanol–water partition coefficient (Wildman–Crippen LogP) is 3.91. The molecule has 3 nitrogen and oxygen atoms in total. The standard InChI is InChI=1S/C13H11ClO3S/c1-7-4-11-8(5-9(7)14)6-12(18-11)10(15)2-3-13(16)17/h4-6H,2-3H2,1H3,(H,16,17). The van der Waals surface area contributed by atoms with E-state index in [0.717, 1.165) is 15.6 Å². The third-order valence-electron chi connectivity index (χ3n) is 2.64. The van der Waals surface area contributed by atoms with Crippen LogP contribution in [0.4, 0.5) is 0 Å². The largest absolute Gasteiger partial charge is 0.481 e. The van der Waals surface area contributed by atoms with E-state index in [-0.39, 0.29) is 18.6 Å². The zero-order chi connectivity index (χ0) is 13.3. The molecule has 0 fully saturated rings. The topological polar surface area (TPSA) is 54.4 Å². The van der Waals surface area contributed by atoms with Crippen molar-refractivity contribution in [1.82, 2.24) is 0 Å². The Morgan fingerprint density at radius 3 is 2.67 bits per heavy atom. The Morgan fingerprint density at radius 2 is 2.00 bits per heavy atom. The molecule has 5 heteroatoms. The number of aliphatic carboxylic acids is 1. The number of Topliss-reactive ketones (excluding diaryl/α,β-unsaturated/α-hetero) is 1. The van der Waals surface area contributed by atoms with Gasteiger partial charge in [-0.25, -0.2) is 0 Å². The number of aryl methyl sites for hydroxylation is 1. The molecule has 1 N–H and O–H groups in total. The van der Waals surface area contributed by atoms with Crippen molar-refractivity contribution in [2.75, 3.05) is 0 Å². The summed E-state index contributed by atoms with van der Waals surface area (Å²) in [6.07, 6.45) is -0.0955. The van der Waals surface area contributed by atoms with Crippen molar-refractivity contribution in [3.63, 3.8) is 0 Å². The molecule has 0 saturated carbocycles. The second kappa shape index (κ2) is 5.08. The van der Waals surface area contributed by atoms with Gasteiger partial charge in [-0.3, -0.25) is 9.59 Å². The fraction of sp³-hybridized carbons (Fsp3) is 0.231. The van der Waals surface area contributed by atoms with Crippen LogP contribution in [0.1, 0.15) is 28.1 Å². The molecule has 0 bridgehead atoms. The molecule has 0 saturated heterocycles. The van der Waals surface area contributed by atoms with Gasteiger partial charge in [0, 0.05) is 16.1 Å². The summed E-state index contributed by atoms with van der Waals surface area (Å²) in [5.41, 5.74) is 0.968. The highest BCUT2D eigenvalue weighted by Gasteiger charge is 2.12. The van der Waals surface area contributed by atoms with Gasteiger partial charge in [0.05, 0.1) is 11.3 Å². The zero-order valence-electron chi connectivity index (χ0n) is 9.70. The molecule has 1 aromatic carbocycles. The summed E-state index contributed by atoms with van der Waals surface area (Å²) in [5.74, 6) is -1.09. The maximum absolute atomic E-state index is 11.8. The Balaban J connectivity index is 2.30. The number of benzene rings is 1. The fourth-order valence-corrected chi connectivity index (χ4v) is 2.92. The minimum absolute atomic E-state index is 0.0366. The molecule has 94 valence electrons. The van der Waals surface area contributed by atoms with Gasteiger partial charge in [0.15, 0.2) is 5.78 Å². The van der Waals surface area contributed by atoms with Gasteiger partial charge in [-0.2, -0.15) is 0 Å². The average Bonchev–Trinajstić information content (AvgIpc) is 2.69. The summed E-state index contributed by atoms with van der Waals surface area (Å²) in [7, 11) is 0. The summed E-state index contributed by atoms with van der Waals surface area (Å²) in [6.45, 7) is 1.91. The van der Waals surface area contributed by atoms with Gasteiger partial charge < -0.3 is 5.11 Å². The Labute approximate surface area is 113 Å². The monoisotopic (exact) mass is 282 g/mol. The number of hydrogen-bond donors (Lipinski definition) is 1. The lowest BCUT2D eigenvalue weighted by Gasteiger charge is -1.95. The summed E-state index contributed by atoms with van der Waals surface area (Å²) in [4.78, 5) is 22.8. The molecule has 2 rings (SSSR count). The van der Waals surface area contributed by atoms with Crippen molar-refractivity contribution in [3.8, 4) is 0 Å². The number of carboxylic acids is 1. The van der Waals surface area contributed by atoms with E-state index >= 15 is 0 Å². The summed E-state index contributed by atoms with van der Waals surface area (Å²) in [6, 6.07) is 5.54. The van der Waals surface area contributed by atoms with Gasteiger partial charge in [-0.15, -0.1) is 11.3 Å². The quantitative estimate of drug-likeness (QED) is 0.865. The predicted molar refractivity (Wildman–Crippen MR) is 72.8 cm³/mol. The van der Waals surface area contributed by atoms with E-state index in [2.05, 4.69) is 0 Å². The molecule has 0 aliphatic carbocycles. The van der Waals surface area contributed by atoms with Gasteiger partial charge >= 0.3 is 5.97 Å². The molecule has 0 unspecified atom stereocenters. The van der Waals surface area contributed by atoms with Crippen LogP contribution in [0.3, 0.4) is 0 Å². The van der Waals surface area contributed by atoms with Crippen molar-refractivity contribution < 1.29 is 14.7 Å². The molecule has 0 amide bonds. The first-order valence-electron chi connectivity index (χ1n) is 5.42. The molecule has 0 atom stereocenters. The van der Waals surface area contributed by atoms with E-state index < -0.39 is 5.97 Å². The third-order valence-corrected chi connectivity index (χ3v) is 4.18. The van der Waals surface area contributed by atoms with Crippen molar-refractivity contribution in [2.45, 2.75) is 19.8 Å². The second-order valence-corrected chi connectivity index (χ2v) is 5.56. The lowest BCUT2D eigenvalue weighted by molar-refractivity contribution is -0.136. The van der Waals surface area contributed by atoms with E-state index in [1.807, 2.05) is 19.1 Å². The second-order valence-electron chi connectivity index (χ2n) is 4.07. The van der Waals surface area contributed by atoms with Crippen LogP contribution < -0.4 is 0 Å². The van der Waals surface area contributed by atoms with Crippen LogP contribution in [0.2, 0.25) is 5.02 Å². The van der Waals surface area contributed by atoms with Gasteiger partial charge in [-0.05, 0) is 36.1 Å². The third kappa shape index (κ3) is 2.71. The van der Waals surface area contributed by atoms with Gasteiger partial charge in [-0.1, -0.05) is 11.6 Å². The lowest BCUT2D eigenvalue weighted by atomic mass is 10.1. The molecule has 2 aromatic rings. The van der Waals surface area contributed by atoms with Gasteiger partial charge in [0.2, 0.25) is 0 Å². The number of carboxylic acid groups (broad SMARTS) is 1. The minimum Gasteiger partial charge on any atom is -0.481 e. The molecule has 1 aromatic heterocycles. The highest BCUT2D eigenvalue weighted by Crippen LogP contribution is 2.31. The molecule has 18 heavy (non-hydrogen) atoms. The summed E-state index contributed by atoms with van der Waals surface area (Å²) in [5, 5.41) is 10.2. The van der Waals surface area contributed by atoms with Crippen molar-refractivity contribution in [1.29, 1.82) is 0 Å². The van der Waals surface area contributed by atoms with E-state index in [4.69, 9.17) is 16.7 Å². The Bertz CT molecular complexity index is 591. The number of ketones is 1. The zero-order valence-corrected chi connectivity index (χ0v) is 11.3. The maximum atomic E-state index is 11.8. The van der Waals surface area contributed by atoms with Gasteiger partial charge in [0.1, 0.15) is 0 Å². The molecule has 1 heterocycles. The van der Waals surface area contributed by atoms with Gasteiger partial charge in [0.25, 0.3) is 0 Å². The van der Waals surface area contributed by atoms with Crippen LogP contribution in [-0.2, 0) is 4.79 Å². The molecule has 0 spiro atoms. The van der Waals surface area contributed by atoms with Crippen LogP contribution >= 0.6 is 22.9 Å². The number of fused-ring (bicyclic) bond motifs is 1. The molecular formula is C13H11ClO3S. The first-order chi connectivity index (χ1) is 8.47. The van der Waals surface area contributed by atoms with E-state index in [1.165, 1.54) is 11.3 Å². The number of rotatable bonds is 4. The Morgan fingerprint density at radius 1 is 1.28 bits per heavy atom. The lowest BCUT2D eigenvalue weighted by Crippen LogP contribution is -2.01. The number of halogens is 1. The Hall–Kier alpha value is -1.39. The van der Waals surface area contributed by atoms with Crippen molar-refractivity contribution >= 4 is 44.8 Å². The highest BCUT2D eigenvalue weighted by atomic mass is 35.5. The maximum Gasteiger partial charge on any atom is 0.303 e. The average molecular weight is 283 g/mol. The molecule has 0 aliphatic heterocycles. The fourth-order valence-electron chi connectivity index (χ4n) is 1.64. The Kier molecular flexibility index (Phi) is 3.68. The van der Waals surface area contributed by atoms with E-state index in [0.29, 0.717) is 9.90 Å². The van der Waals surface area contributed by atoms with Crippen molar-refractivity contribution in [3.05, 3.63) is 33.7 Å². The van der Waals surface area contributed by atoms with Crippen LogP contribution in [0.15, 0.2) is 18.2 Å². The number of carbonyl (C=O) groups excluding carboxylic acids is 1. The molecule has 0 radical (unpaired) electrons. The number of hydrogen-bond acceptors (Lipinski definition) is 3. The van der Waals surface area contributed by atoms with E-state index in [9.17, 15) is 9.59 Å². The van der Waals surface area contributed by atoms with Crippen LogP contribution in [0, 0.1) is 6.92 Å². The first-order valence-corrected chi connectivity index (χ1v) is 6.61. The van der Waals surface area contributed by atoms with Crippen LogP contribution in [0.5, 0.6) is 0 Å². The van der Waals surface area contributed by atoms with Crippen LogP contribution in [-0.4, -0.2) is 16.9 Å².